The van der Waals surface area contributed by atoms with Crippen LogP contribution < -0.4 is 4.90 Å². The van der Waals surface area contributed by atoms with Crippen molar-refractivity contribution in [3.8, 4) is 12.3 Å². The van der Waals surface area contributed by atoms with Gasteiger partial charge in [0.15, 0.2) is 0 Å². The van der Waals surface area contributed by atoms with E-state index in [0.29, 0.717) is 17.9 Å². The van der Waals surface area contributed by atoms with E-state index in [4.69, 9.17) is 11.2 Å². The lowest BCUT2D eigenvalue weighted by Crippen LogP contribution is -2.20. The second-order valence-corrected chi connectivity index (χ2v) is 5.25. The number of rotatable bonds is 6. The van der Waals surface area contributed by atoms with Crippen molar-refractivity contribution in [2.75, 3.05) is 18.5 Å². The number of nitrogens with zero attached hydrogens (tertiary/aromatic N) is 1. The summed E-state index contributed by atoms with van der Waals surface area (Å²) in [6, 6.07) is 7.49. The molecule has 0 N–H and O–H groups in total. The van der Waals surface area contributed by atoms with Crippen molar-refractivity contribution in [1.82, 2.24) is 0 Å². The Morgan fingerprint density at radius 2 is 2.10 bits per heavy atom. The molecule has 0 unspecified atom stereocenters. The van der Waals surface area contributed by atoms with E-state index in [0.717, 1.165) is 25.1 Å². The molecule has 0 spiro atoms. The highest BCUT2D eigenvalue weighted by Crippen LogP contribution is 2.36. The molecule has 0 saturated heterocycles. The summed E-state index contributed by atoms with van der Waals surface area (Å²) >= 11 is 0. The fourth-order valence-corrected chi connectivity index (χ4v) is 2.13. The summed E-state index contributed by atoms with van der Waals surface area (Å²) in [6.45, 7) is 3.01. The van der Waals surface area contributed by atoms with E-state index in [9.17, 15) is 4.79 Å². The first kappa shape index (κ1) is 14.5. The minimum Gasteiger partial charge on any atom is -0.457 e. The van der Waals surface area contributed by atoms with Crippen molar-refractivity contribution in [1.29, 1.82) is 0 Å². The van der Waals surface area contributed by atoms with Crippen LogP contribution in [0, 0.1) is 18.3 Å². The minimum absolute atomic E-state index is 0.120. The molecule has 0 aromatic heterocycles. The molecule has 1 saturated carbocycles. The van der Waals surface area contributed by atoms with Gasteiger partial charge in [0.25, 0.3) is 0 Å². The number of esters is 1. The number of carbonyl (C=O) groups is 1. The van der Waals surface area contributed by atoms with E-state index >= 15 is 0 Å². The molecule has 0 amide bonds. The molecule has 0 radical (unpaired) electrons. The van der Waals surface area contributed by atoms with Gasteiger partial charge in [0.2, 0.25) is 0 Å². The Balaban J connectivity index is 1.99. The van der Waals surface area contributed by atoms with Crippen LogP contribution in [0.2, 0.25) is 0 Å². The highest BCUT2D eigenvalue weighted by atomic mass is 16.5. The predicted molar refractivity (Wildman–Crippen MR) is 80.8 cm³/mol. The van der Waals surface area contributed by atoms with Crippen molar-refractivity contribution in [3.05, 3.63) is 29.8 Å². The molecule has 2 rings (SSSR count). The number of ether oxygens (including phenoxy) is 1. The zero-order valence-corrected chi connectivity index (χ0v) is 12.1. The summed E-state index contributed by atoms with van der Waals surface area (Å²) in [5.74, 6) is 2.78. The Kier molecular flexibility index (Phi) is 4.68. The average Bonchev–Trinajstić information content (AvgIpc) is 3.30. The van der Waals surface area contributed by atoms with Crippen LogP contribution in [0.3, 0.4) is 0 Å². The summed E-state index contributed by atoms with van der Waals surface area (Å²) in [4.78, 5) is 14.2. The van der Waals surface area contributed by atoms with E-state index in [1.807, 2.05) is 31.3 Å². The van der Waals surface area contributed by atoms with Gasteiger partial charge in [0, 0.05) is 25.7 Å². The summed E-state index contributed by atoms with van der Waals surface area (Å²) in [6.07, 6.45) is 7.94. The molecule has 20 heavy (non-hydrogen) atoms. The van der Waals surface area contributed by atoms with Gasteiger partial charge in [-0.3, -0.25) is 0 Å². The first-order valence-electron chi connectivity index (χ1n) is 7.11. The number of hydrogen-bond acceptors (Lipinski definition) is 3. The largest absolute Gasteiger partial charge is 0.457 e. The smallest absolute Gasteiger partial charge is 0.338 e. The van der Waals surface area contributed by atoms with Gasteiger partial charge in [-0.2, -0.15) is 0 Å². The number of hydrogen-bond donors (Lipinski definition) is 0. The molecule has 106 valence electrons. The van der Waals surface area contributed by atoms with E-state index in [1.54, 1.807) is 0 Å². The maximum absolute atomic E-state index is 12.1. The second kappa shape index (κ2) is 6.47. The highest BCUT2D eigenvalue weighted by Gasteiger charge is 2.33. The molecular formula is C17H21NO2. The zero-order chi connectivity index (χ0) is 14.5. The molecule has 0 heterocycles. The number of terminal acetylenes is 1. The van der Waals surface area contributed by atoms with Gasteiger partial charge in [-0.1, -0.05) is 0 Å². The third-order valence-electron chi connectivity index (χ3n) is 3.74. The van der Waals surface area contributed by atoms with Gasteiger partial charge in [-0.05, 0) is 49.9 Å². The van der Waals surface area contributed by atoms with Gasteiger partial charge in [-0.25, -0.2) is 4.79 Å². The van der Waals surface area contributed by atoms with Crippen LogP contribution in [0.4, 0.5) is 5.69 Å². The van der Waals surface area contributed by atoms with Crippen LogP contribution >= 0.6 is 0 Å². The fraction of sp³-hybridized carbons (Fsp3) is 0.471. The van der Waals surface area contributed by atoms with Crippen LogP contribution in [-0.2, 0) is 4.74 Å². The fourth-order valence-electron chi connectivity index (χ4n) is 2.13. The van der Waals surface area contributed by atoms with Crippen LogP contribution in [0.25, 0.3) is 0 Å². The third-order valence-corrected chi connectivity index (χ3v) is 3.74. The average molecular weight is 271 g/mol. The topological polar surface area (TPSA) is 29.5 Å². The van der Waals surface area contributed by atoms with Gasteiger partial charge < -0.3 is 9.64 Å². The van der Waals surface area contributed by atoms with Crippen LogP contribution in [0.15, 0.2) is 24.3 Å². The standard InChI is InChI=1S/C17H21NO2/c1-4-6-16(13-7-8-13)20-17(19)14-9-11-15(12-10-14)18(3)5-2/h1,9-13,16H,5-8H2,2-3H3/t16-/m1/s1. The predicted octanol–water partition coefficient (Wildman–Crippen LogP) is 3.10. The lowest BCUT2D eigenvalue weighted by atomic mass is 10.1. The Morgan fingerprint density at radius 3 is 2.60 bits per heavy atom. The normalized spacial score (nSPS) is 15.2. The second-order valence-electron chi connectivity index (χ2n) is 5.25. The molecule has 1 aromatic rings. The van der Waals surface area contributed by atoms with Gasteiger partial charge in [0.05, 0.1) is 5.56 Å². The molecule has 1 fully saturated rings. The summed E-state index contributed by atoms with van der Waals surface area (Å²) in [5, 5.41) is 0. The molecule has 1 aliphatic carbocycles. The molecule has 3 nitrogen and oxygen atoms in total. The summed E-state index contributed by atoms with van der Waals surface area (Å²) in [7, 11) is 2.02. The lowest BCUT2D eigenvalue weighted by molar-refractivity contribution is 0.0261. The SMILES string of the molecule is C#CC[C@@H](OC(=O)c1ccc(N(C)CC)cc1)C1CC1. The molecule has 1 aliphatic rings. The highest BCUT2D eigenvalue weighted by molar-refractivity contribution is 5.90. The van der Waals surface area contributed by atoms with Gasteiger partial charge in [-0.15, -0.1) is 12.3 Å². The zero-order valence-electron chi connectivity index (χ0n) is 12.1. The van der Waals surface area contributed by atoms with E-state index in [-0.39, 0.29) is 12.1 Å². The summed E-state index contributed by atoms with van der Waals surface area (Å²) in [5.41, 5.74) is 1.67. The Morgan fingerprint density at radius 1 is 1.45 bits per heavy atom. The molecule has 1 aromatic carbocycles. The number of anilines is 1. The van der Waals surface area contributed by atoms with Crippen LogP contribution in [-0.4, -0.2) is 25.7 Å². The van der Waals surface area contributed by atoms with Crippen LogP contribution in [0.5, 0.6) is 0 Å². The quantitative estimate of drug-likeness (QED) is 0.588. The molecular weight excluding hydrogens is 250 g/mol. The Bertz CT molecular complexity index is 497. The molecule has 3 heteroatoms. The Hall–Kier alpha value is -1.95. The molecule has 1 atom stereocenters. The van der Waals surface area contributed by atoms with E-state index in [2.05, 4.69) is 17.7 Å². The van der Waals surface area contributed by atoms with Crippen molar-refractivity contribution in [3.63, 3.8) is 0 Å². The lowest BCUT2D eigenvalue weighted by Gasteiger charge is -2.18. The van der Waals surface area contributed by atoms with Crippen LogP contribution in [0.1, 0.15) is 36.5 Å². The van der Waals surface area contributed by atoms with Gasteiger partial charge >= 0.3 is 5.97 Å². The van der Waals surface area contributed by atoms with E-state index < -0.39 is 0 Å². The Labute approximate surface area is 120 Å². The van der Waals surface area contributed by atoms with Crippen molar-refractivity contribution in [2.24, 2.45) is 5.92 Å². The van der Waals surface area contributed by atoms with Gasteiger partial charge in [0.1, 0.15) is 6.10 Å². The number of benzene rings is 1. The van der Waals surface area contributed by atoms with Crippen molar-refractivity contribution in [2.45, 2.75) is 32.3 Å². The maximum Gasteiger partial charge on any atom is 0.338 e. The first-order valence-corrected chi connectivity index (χ1v) is 7.11. The van der Waals surface area contributed by atoms with Crippen molar-refractivity contribution < 1.29 is 9.53 Å². The summed E-state index contributed by atoms with van der Waals surface area (Å²) < 4.78 is 5.53. The van der Waals surface area contributed by atoms with E-state index in [1.165, 1.54) is 0 Å². The minimum atomic E-state index is -0.275. The number of carbonyl (C=O) groups excluding carboxylic acids is 1. The first-order chi connectivity index (χ1) is 9.65. The molecule has 0 bridgehead atoms. The van der Waals surface area contributed by atoms with Crippen molar-refractivity contribution >= 4 is 11.7 Å². The maximum atomic E-state index is 12.1. The monoisotopic (exact) mass is 271 g/mol. The third kappa shape index (κ3) is 3.54. The molecule has 0 aliphatic heterocycles.